The molecular weight excluding hydrogens is 484 g/mol. The number of aliphatic imine (C=N–C) groups is 1. The number of Topliss-reactive ketones (excluding diaryl/α,β-unsaturated/α-hetero) is 1. The Hall–Kier alpha value is -4.77. The minimum Gasteiger partial charge on any atom is -0.508 e. The molecule has 1 aliphatic rings. The Bertz CT molecular complexity index is 1570. The molecule has 4 aromatic rings. The molecular formula is C34H30N2O3. The standard InChI is InChI=1S/C34H30N2O3/c1-22-18-27(16-17-35-22)30-14-15-32(36-23(30)2)26-10-8-25(9-11-26)28(19-24-6-4-3-5-7-24)20-33(38)31-13-12-29(37)21-34(31)39/h3-18,21,28,30,37,39H,2,19-20H2,1H3. The summed E-state index contributed by atoms with van der Waals surface area (Å²) in [5.41, 5.74) is 7.05. The number of hydrogen-bond acceptors (Lipinski definition) is 5. The molecule has 1 aliphatic heterocycles. The van der Waals surface area contributed by atoms with E-state index in [-0.39, 0.29) is 41.1 Å². The molecule has 2 N–H and O–H groups in total. The average molecular weight is 515 g/mol. The van der Waals surface area contributed by atoms with Crippen LogP contribution in [0.25, 0.3) is 0 Å². The molecule has 0 aliphatic carbocycles. The first kappa shape index (κ1) is 25.9. The van der Waals surface area contributed by atoms with Gasteiger partial charge in [0.2, 0.25) is 0 Å². The highest BCUT2D eigenvalue weighted by Crippen LogP contribution is 2.32. The molecule has 0 amide bonds. The fourth-order valence-electron chi connectivity index (χ4n) is 5.01. The zero-order valence-electron chi connectivity index (χ0n) is 21.8. The minimum atomic E-state index is -0.212. The van der Waals surface area contributed by atoms with Crippen LogP contribution in [0.2, 0.25) is 0 Å². The van der Waals surface area contributed by atoms with E-state index < -0.39 is 0 Å². The van der Waals surface area contributed by atoms with Crippen molar-refractivity contribution in [1.82, 2.24) is 4.98 Å². The molecule has 5 rings (SSSR count). The van der Waals surface area contributed by atoms with Crippen LogP contribution in [-0.4, -0.2) is 26.7 Å². The summed E-state index contributed by atoms with van der Waals surface area (Å²) in [7, 11) is 0. The number of rotatable bonds is 8. The summed E-state index contributed by atoms with van der Waals surface area (Å²) < 4.78 is 0. The SMILES string of the molecule is C=C1N=C(c2ccc(C(CC(=O)c3ccc(O)cc3O)Cc3ccccc3)cc2)C=CC1c1ccnc(C)c1. The number of carbonyl (C=O) groups is 1. The highest BCUT2D eigenvalue weighted by Gasteiger charge is 2.22. The predicted molar refractivity (Wildman–Crippen MR) is 155 cm³/mol. The lowest BCUT2D eigenvalue weighted by Gasteiger charge is -2.20. The van der Waals surface area contributed by atoms with E-state index in [1.165, 1.54) is 18.2 Å². The molecule has 0 saturated carbocycles. The van der Waals surface area contributed by atoms with Gasteiger partial charge in [0, 0.05) is 41.6 Å². The molecule has 3 aromatic carbocycles. The van der Waals surface area contributed by atoms with Crippen molar-refractivity contribution >= 4 is 11.5 Å². The van der Waals surface area contributed by atoms with Crippen LogP contribution in [0.15, 0.2) is 121 Å². The zero-order chi connectivity index (χ0) is 27.4. The Morgan fingerprint density at radius 2 is 1.74 bits per heavy atom. The molecule has 2 unspecified atom stereocenters. The minimum absolute atomic E-state index is 0.0207. The van der Waals surface area contributed by atoms with Crippen molar-refractivity contribution in [2.24, 2.45) is 4.99 Å². The van der Waals surface area contributed by atoms with E-state index in [2.05, 4.69) is 35.8 Å². The Kier molecular flexibility index (Phi) is 7.50. The van der Waals surface area contributed by atoms with Gasteiger partial charge in [-0.3, -0.25) is 14.8 Å². The van der Waals surface area contributed by atoms with E-state index in [1.54, 1.807) is 0 Å². The molecule has 194 valence electrons. The molecule has 0 spiro atoms. The van der Waals surface area contributed by atoms with E-state index in [0.29, 0.717) is 6.42 Å². The van der Waals surface area contributed by atoms with Crippen molar-refractivity contribution in [3.8, 4) is 11.5 Å². The van der Waals surface area contributed by atoms with Crippen LogP contribution in [0, 0.1) is 6.92 Å². The van der Waals surface area contributed by atoms with Gasteiger partial charge in [-0.05, 0) is 66.3 Å². The van der Waals surface area contributed by atoms with Gasteiger partial charge in [0.15, 0.2) is 5.78 Å². The van der Waals surface area contributed by atoms with Crippen LogP contribution in [0.1, 0.15) is 56.6 Å². The van der Waals surface area contributed by atoms with Crippen molar-refractivity contribution in [2.45, 2.75) is 31.6 Å². The highest BCUT2D eigenvalue weighted by molar-refractivity contribution is 6.10. The van der Waals surface area contributed by atoms with Crippen LogP contribution in [0.4, 0.5) is 0 Å². The van der Waals surface area contributed by atoms with Crippen LogP contribution in [0.3, 0.4) is 0 Å². The van der Waals surface area contributed by atoms with Crippen molar-refractivity contribution in [3.05, 3.63) is 149 Å². The molecule has 5 heteroatoms. The van der Waals surface area contributed by atoms with Gasteiger partial charge in [0.05, 0.1) is 11.3 Å². The number of dihydropyridines is 1. The Balaban J connectivity index is 1.37. The number of pyridine rings is 1. The van der Waals surface area contributed by atoms with Crippen molar-refractivity contribution in [1.29, 1.82) is 0 Å². The molecule has 0 radical (unpaired) electrons. The average Bonchev–Trinajstić information content (AvgIpc) is 2.93. The summed E-state index contributed by atoms with van der Waals surface area (Å²) in [5, 5.41) is 19.8. The topological polar surface area (TPSA) is 82.8 Å². The lowest BCUT2D eigenvalue weighted by atomic mass is 9.85. The molecule has 2 heterocycles. The molecule has 2 atom stereocenters. The van der Waals surface area contributed by atoms with Gasteiger partial charge in [-0.2, -0.15) is 0 Å². The molecule has 1 aromatic heterocycles. The number of nitrogens with zero attached hydrogens (tertiary/aromatic N) is 2. The van der Waals surface area contributed by atoms with E-state index >= 15 is 0 Å². The van der Waals surface area contributed by atoms with Crippen molar-refractivity contribution in [3.63, 3.8) is 0 Å². The number of hydrogen-bond donors (Lipinski definition) is 2. The van der Waals surface area contributed by atoms with Gasteiger partial charge in [-0.25, -0.2) is 0 Å². The maximum Gasteiger partial charge on any atom is 0.167 e. The number of phenols is 2. The zero-order valence-corrected chi connectivity index (χ0v) is 21.8. The quantitative estimate of drug-likeness (QED) is 0.247. The van der Waals surface area contributed by atoms with Gasteiger partial charge in [-0.15, -0.1) is 0 Å². The number of aromatic hydroxyl groups is 2. The smallest absolute Gasteiger partial charge is 0.167 e. The Morgan fingerprint density at radius 3 is 2.44 bits per heavy atom. The fraction of sp³-hybridized carbons (Fsp3) is 0.147. The third-order valence-corrected chi connectivity index (χ3v) is 7.07. The normalized spacial score (nSPS) is 15.6. The lowest BCUT2D eigenvalue weighted by molar-refractivity contribution is 0.0971. The summed E-state index contributed by atoms with van der Waals surface area (Å²) >= 11 is 0. The summed E-state index contributed by atoms with van der Waals surface area (Å²) in [6, 6.07) is 26.3. The summed E-state index contributed by atoms with van der Waals surface area (Å²) in [6.07, 6.45) is 6.85. The summed E-state index contributed by atoms with van der Waals surface area (Å²) in [4.78, 5) is 22.3. The first-order valence-electron chi connectivity index (χ1n) is 12.9. The first-order valence-corrected chi connectivity index (χ1v) is 12.9. The second kappa shape index (κ2) is 11.3. The van der Waals surface area contributed by atoms with Crippen LogP contribution in [0.5, 0.6) is 11.5 Å². The van der Waals surface area contributed by atoms with Gasteiger partial charge >= 0.3 is 0 Å². The highest BCUT2D eigenvalue weighted by atomic mass is 16.3. The predicted octanol–water partition coefficient (Wildman–Crippen LogP) is 7.06. The Morgan fingerprint density at radius 1 is 0.974 bits per heavy atom. The Labute approximate surface area is 228 Å². The van der Waals surface area contributed by atoms with E-state index in [1.807, 2.05) is 67.7 Å². The lowest BCUT2D eigenvalue weighted by Crippen LogP contribution is -2.12. The van der Waals surface area contributed by atoms with E-state index in [9.17, 15) is 15.0 Å². The molecule has 0 bridgehead atoms. The van der Waals surface area contributed by atoms with E-state index in [0.717, 1.165) is 39.4 Å². The maximum absolute atomic E-state index is 13.2. The number of benzene rings is 3. The molecule has 5 nitrogen and oxygen atoms in total. The molecule has 0 saturated heterocycles. The maximum atomic E-state index is 13.2. The van der Waals surface area contributed by atoms with Crippen LogP contribution < -0.4 is 0 Å². The van der Waals surface area contributed by atoms with Crippen molar-refractivity contribution < 1.29 is 15.0 Å². The van der Waals surface area contributed by atoms with Crippen molar-refractivity contribution in [2.75, 3.05) is 0 Å². The second-order valence-electron chi connectivity index (χ2n) is 9.89. The molecule has 39 heavy (non-hydrogen) atoms. The largest absolute Gasteiger partial charge is 0.508 e. The van der Waals surface area contributed by atoms with Crippen LogP contribution >= 0.6 is 0 Å². The van der Waals surface area contributed by atoms with Gasteiger partial charge in [-0.1, -0.05) is 67.3 Å². The number of carbonyl (C=O) groups excluding carboxylic acids is 1. The number of ketones is 1. The molecule has 0 fully saturated rings. The van der Waals surface area contributed by atoms with Gasteiger partial charge < -0.3 is 10.2 Å². The number of aryl methyl sites for hydroxylation is 1. The fourth-order valence-corrected chi connectivity index (χ4v) is 5.01. The number of aromatic nitrogens is 1. The third kappa shape index (κ3) is 6.04. The van der Waals surface area contributed by atoms with E-state index in [4.69, 9.17) is 4.99 Å². The second-order valence-corrected chi connectivity index (χ2v) is 9.89. The number of phenolic OH excluding ortho intramolecular Hbond substituents is 2. The monoisotopic (exact) mass is 514 g/mol. The number of allylic oxidation sites excluding steroid dienone is 2. The van der Waals surface area contributed by atoms with Crippen LogP contribution in [-0.2, 0) is 6.42 Å². The van der Waals surface area contributed by atoms with Gasteiger partial charge in [0.1, 0.15) is 11.5 Å². The summed E-state index contributed by atoms with van der Waals surface area (Å²) in [5.74, 6) is -0.542. The first-order chi connectivity index (χ1) is 18.9. The summed E-state index contributed by atoms with van der Waals surface area (Å²) in [6.45, 7) is 6.18. The van der Waals surface area contributed by atoms with Gasteiger partial charge in [0.25, 0.3) is 0 Å². The third-order valence-electron chi connectivity index (χ3n) is 7.07.